The van der Waals surface area contributed by atoms with Gasteiger partial charge in [0, 0.05) is 43.5 Å². The number of rotatable bonds is 25. The zero-order valence-corrected chi connectivity index (χ0v) is 48.3. The Labute approximate surface area is 460 Å². The number of amides is 2. The lowest BCUT2D eigenvalue weighted by Gasteiger charge is -2.59. The number of nitrogen functional groups attached to an aromatic ring is 1. The second-order valence-corrected chi connectivity index (χ2v) is 28.1. The van der Waals surface area contributed by atoms with Crippen LogP contribution in [0.1, 0.15) is 112 Å². The number of nitrogens with zero attached hydrogens (tertiary/aromatic N) is 4. The predicted octanol–water partition coefficient (Wildman–Crippen LogP) is 3.41. The Kier molecular flexibility index (Phi) is 19.9. The quantitative estimate of drug-likeness (QED) is 0.0387. The Morgan fingerprint density at radius 1 is 0.962 bits per heavy atom. The molecule has 7 rings (SSSR count). The lowest BCUT2D eigenvalue weighted by atomic mass is 9.45. The predicted molar refractivity (Wildman–Crippen MR) is 281 cm³/mol. The van der Waals surface area contributed by atoms with Gasteiger partial charge in [-0.15, -0.1) is 0 Å². The molecular weight excluding hydrogens is 1120 g/mol. The molecule has 2 amide bonds. The van der Waals surface area contributed by atoms with Gasteiger partial charge in [0.25, 0.3) is 0 Å². The summed E-state index contributed by atoms with van der Waals surface area (Å²) in [6.45, 7) is 8.70. The van der Waals surface area contributed by atoms with Gasteiger partial charge >= 0.3 is 23.5 Å². The summed E-state index contributed by atoms with van der Waals surface area (Å²) in [5.41, 5.74) is 5.33. The summed E-state index contributed by atoms with van der Waals surface area (Å²) < 4.78 is 62.7. The van der Waals surface area contributed by atoms with Crippen LogP contribution in [-0.2, 0) is 60.3 Å². The molecule has 3 heterocycles. The number of carbonyl (C=O) groups excluding carboxylic acids is 5. The standard InChI is InChI=1S/C48H74N7O20P3S/c1-25(29-8-9-30-36-31(12-15-48(29,30)6)47(5)14-11-28(56)19-27(47)20-33(36)58)7-10-32(57)26(2)45(63)79-18-17-50-35(59)13-16-51-43(62)40(61)46(3,4)22-72-78(69,70)75-77(67,68)71-21-34-39(74-76(64,65)66)38(60)44(73-34)55-24-54-37-41(49)52-23-53-42(37)55/h19,23-26,29-31,33-34,36,38-40,44,58,60-61H,7-18,20-22H2,1-6H3,(H,50,59)(H,51,62)(H,67,68)(H,69,70)(H2,49,52,53)(H2,64,65,66)/t25-,26-,29-,30+,31+,33-,34-,36+,38-,39-,40+,44-,47+,48-/m1/s1. The fourth-order valence-corrected chi connectivity index (χ4v) is 16.4. The van der Waals surface area contributed by atoms with Crippen molar-refractivity contribution >= 4 is 80.7 Å². The second kappa shape index (κ2) is 24.8. The largest absolute Gasteiger partial charge is 0.481 e. The molecule has 442 valence electrons. The maximum absolute atomic E-state index is 13.3. The molecule has 2 unspecified atom stereocenters. The van der Waals surface area contributed by atoms with Gasteiger partial charge in [-0.1, -0.05) is 52.0 Å². The number of phosphoric acid groups is 3. The topological polar surface area (TPSA) is 418 Å². The molecule has 5 aliphatic rings. The Morgan fingerprint density at radius 3 is 2.38 bits per heavy atom. The minimum atomic E-state index is -5.61. The molecule has 79 heavy (non-hydrogen) atoms. The van der Waals surface area contributed by atoms with E-state index in [1.165, 1.54) is 13.8 Å². The number of imidazole rings is 1. The fraction of sp³-hybridized carbons (Fsp3) is 0.750. The van der Waals surface area contributed by atoms with E-state index in [1.807, 2.05) is 0 Å². The smallest absolute Gasteiger partial charge is 0.392 e. The zero-order valence-electron chi connectivity index (χ0n) is 44.8. The number of thioether (sulfide) groups is 1. The highest BCUT2D eigenvalue weighted by Gasteiger charge is 2.62. The van der Waals surface area contributed by atoms with Crippen molar-refractivity contribution in [1.29, 1.82) is 0 Å². The molecule has 1 aliphatic heterocycles. The molecule has 4 fully saturated rings. The van der Waals surface area contributed by atoms with Crippen LogP contribution in [0, 0.1) is 51.8 Å². The monoisotopic (exact) mass is 1190 g/mol. The molecule has 0 bridgehead atoms. The molecule has 2 aromatic rings. The van der Waals surface area contributed by atoms with E-state index in [1.54, 1.807) is 13.0 Å². The molecule has 31 heteroatoms. The first-order valence-corrected chi connectivity index (χ1v) is 31.8. The first-order valence-electron chi connectivity index (χ1n) is 26.3. The van der Waals surface area contributed by atoms with Gasteiger partial charge in [-0.25, -0.2) is 28.6 Å². The zero-order chi connectivity index (χ0) is 58.2. The normalized spacial score (nSPS) is 31.6. The number of ether oxygens (including phenoxy) is 1. The first kappa shape index (κ1) is 63.2. The average molecular weight is 1190 g/mol. The number of phosphoric ester groups is 3. The number of aromatic nitrogens is 4. The molecular formula is C48H74N7O20P3S. The van der Waals surface area contributed by atoms with E-state index in [9.17, 15) is 72.6 Å². The Morgan fingerprint density at radius 2 is 1.67 bits per heavy atom. The lowest BCUT2D eigenvalue weighted by molar-refractivity contribution is -0.137. The van der Waals surface area contributed by atoms with Gasteiger partial charge in [0.1, 0.15) is 42.0 Å². The number of aliphatic hydroxyl groups is 3. The number of fused-ring (bicyclic) bond motifs is 6. The summed E-state index contributed by atoms with van der Waals surface area (Å²) in [5.74, 6) is -0.670. The molecule has 3 saturated carbocycles. The number of aliphatic hydroxyl groups excluding tert-OH is 3. The summed E-state index contributed by atoms with van der Waals surface area (Å²) in [7, 11) is -16.5. The van der Waals surface area contributed by atoms with Crippen LogP contribution in [0.4, 0.5) is 5.82 Å². The third kappa shape index (κ3) is 14.5. The van der Waals surface area contributed by atoms with Gasteiger partial charge < -0.3 is 56.0 Å². The van der Waals surface area contributed by atoms with Crippen LogP contribution in [0.5, 0.6) is 0 Å². The maximum Gasteiger partial charge on any atom is 0.481 e. The van der Waals surface area contributed by atoms with Gasteiger partial charge in [-0.3, -0.25) is 42.1 Å². The minimum absolute atomic E-state index is 0.0202. The van der Waals surface area contributed by atoms with Gasteiger partial charge in [0.2, 0.25) is 11.8 Å². The SMILES string of the molecule is C[C@H](C(=O)CC[C@@H](C)[C@H]1CC[C@H]2[C@@H]3[C@H](O)CC4=CC(=O)CC[C@]4(C)[C@H]3CC[C@]12C)C(=O)SCCNC(=O)CCNC(=O)[C@H](O)C(C)(C)COP(=O)(O)OP(=O)(O)OC[C@H]1O[C@@H](n2cnc3c(N)ncnc32)[C@H](O)[C@@H]1OP(=O)(O)O. The summed E-state index contributed by atoms with van der Waals surface area (Å²) in [4.78, 5) is 115. The molecule has 11 N–H and O–H groups in total. The van der Waals surface area contributed by atoms with Crippen molar-refractivity contribution in [1.82, 2.24) is 30.2 Å². The number of anilines is 1. The number of nitrogens with one attached hydrogen (secondary N) is 2. The number of nitrogens with two attached hydrogens (primary N) is 1. The van der Waals surface area contributed by atoms with Crippen LogP contribution < -0.4 is 16.4 Å². The maximum atomic E-state index is 13.3. The van der Waals surface area contributed by atoms with Crippen LogP contribution in [0.2, 0.25) is 0 Å². The van der Waals surface area contributed by atoms with Crippen molar-refractivity contribution in [3.05, 3.63) is 24.3 Å². The Balaban J connectivity index is 0.776. The summed E-state index contributed by atoms with van der Waals surface area (Å²) in [6.07, 6.45) is 1.20. The van der Waals surface area contributed by atoms with Crippen molar-refractivity contribution < 1.29 is 95.2 Å². The number of ketones is 2. The summed E-state index contributed by atoms with van der Waals surface area (Å²) in [6, 6.07) is 0. The Hall–Kier alpha value is -3.40. The number of hydrogen-bond acceptors (Lipinski definition) is 21. The van der Waals surface area contributed by atoms with E-state index in [0.717, 1.165) is 66.7 Å². The highest BCUT2D eigenvalue weighted by atomic mass is 32.2. The third-order valence-corrected chi connectivity index (χ3v) is 21.3. The molecule has 0 radical (unpaired) electrons. The molecule has 0 spiro atoms. The fourth-order valence-electron chi connectivity index (χ4n) is 12.8. The van der Waals surface area contributed by atoms with Crippen molar-refractivity contribution in [2.45, 2.75) is 142 Å². The molecule has 16 atom stereocenters. The molecule has 0 aromatic carbocycles. The second-order valence-electron chi connectivity index (χ2n) is 22.8. The van der Waals surface area contributed by atoms with Gasteiger partial charge in [-0.2, -0.15) is 4.31 Å². The van der Waals surface area contributed by atoms with E-state index < -0.39 is 96.6 Å². The van der Waals surface area contributed by atoms with Gasteiger partial charge in [0.15, 0.2) is 28.6 Å². The van der Waals surface area contributed by atoms with Gasteiger partial charge in [-0.05, 0) is 98.4 Å². The number of hydrogen-bond donors (Lipinski definition) is 10. The van der Waals surface area contributed by atoms with E-state index in [0.29, 0.717) is 37.0 Å². The molecule has 2 aromatic heterocycles. The summed E-state index contributed by atoms with van der Waals surface area (Å²) >= 11 is 0.932. The number of Topliss-reactive ketones (excluding diaryl/α,β-unsaturated/α-hetero) is 1. The van der Waals surface area contributed by atoms with Gasteiger partial charge in [0.05, 0.1) is 31.6 Å². The van der Waals surface area contributed by atoms with E-state index >= 15 is 0 Å². The van der Waals surface area contributed by atoms with E-state index in [2.05, 4.69) is 55.2 Å². The van der Waals surface area contributed by atoms with Crippen LogP contribution in [-0.4, -0.2) is 145 Å². The molecule has 27 nitrogen and oxygen atoms in total. The van der Waals surface area contributed by atoms with Crippen LogP contribution in [0.15, 0.2) is 24.3 Å². The van der Waals surface area contributed by atoms with Crippen molar-refractivity contribution in [3.63, 3.8) is 0 Å². The third-order valence-electron chi connectivity index (χ3n) is 17.2. The Bertz CT molecular complexity index is 2800. The van der Waals surface area contributed by atoms with E-state index in [4.69, 9.17) is 19.5 Å². The highest BCUT2D eigenvalue weighted by Crippen LogP contribution is 2.68. The summed E-state index contributed by atoms with van der Waals surface area (Å²) in [5, 5.41) is 37.9. The van der Waals surface area contributed by atoms with Crippen LogP contribution in [0.3, 0.4) is 0 Å². The minimum Gasteiger partial charge on any atom is -0.392 e. The molecule has 4 aliphatic carbocycles. The molecule has 1 saturated heterocycles. The van der Waals surface area contributed by atoms with E-state index in [-0.39, 0.29) is 88.0 Å². The highest BCUT2D eigenvalue weighted by molar-refractivity contribution is 8.13. The van der Waals surface area contributed by atoms with Crippen molar-refractivity contribution in [3.8, 4) is 0 Å². The van der Waals surface area contributed by atoms with Crippen LogP contribution in [0.25, 0.3) is 11.2 Å². The lowest BCUT2D eigenvalue weighted by Crippen LogP contribution is -2.55. The van der Waals surface area contributed by atoms with Crippen LogP contribution >= 0.6 is 35.2 Å². The van der Waals surface area contributed by atoms with Crippen molar-refractivity contribution in [2.75, 3.05) is 37.8 Å². The van der Waals surface area contributed by atoms with Crippen molar-refractivity contribution in [2.24, 2.45) is 51.8 Å². The number of carbonyl (C=O) groups is 5. The first-order chi connectivity index (χ1) is 36.8. The average Bonchev–Trinajstić information content (AvgIpc) is 4.03.